The number of carboxylic acid groups (broad SMARTS) is 1. The van der Waals surface area contributed by atoms with Crippen molar-refractivity contribution in [2.45, 2.75) is 6.42 Å². The molecule has 21 heavy (non-hydrogen) atoms. The van der Waals surface area contributed by atoms with E-state index in [4.69, 9.17) is 23.2 Å². The maximum Gasteiger partial charge on any atom is 0.337 e. The molecule has 0 amide bonds. The number of halogens is 3. The van der Waals surface area contributed by atoms with Crippen LogP contribution in [-0.4, -0.2) is 17.6 Å². The number of hydrogen-bond acceptors (Lipinski definition) is 2. The Balaban J connectivity index is 2.05. The first-order valence-corrected chi connectivity index (χ1v) is 7.73. The average Bonchev–Trinajstić information content (AvgIpc) is 2.42. The van der Waals surface area contributed by atoms with E-state index in [0.717, 1.165) is 10.0 Å². The molecule has 0 aliphatic rings. The van der Waals surface area contributed by atoms with E-state index in [9.17, 15) is 9.90 Å². The molecule has 3 nitrogen and oxygen atoms in total. The molecule has 0 aliphatic carbocycles. The second kappa shape index (κ2) is 7.16. The maximum absolute atomic E-state index is 11.2. The van der Waals surface area contributed by atoms with Crippen LogP contribution in [0.15, 0.2) is 40.9 Å². The van der Waals surface area contributed by atoms with E-state index in [0.29, 0.717) is 28.7 Å². The standard InChI is InChI=1S/C15H12BrCl2NO2/c16-10-2-4-14(12(7-10)15(20)21)19-6-5-9-1-3-11(17)8-13(9)18/h1-4,7-8,19H,5-6H2,(H,20,21). The summed E-state index contributed by atoms with van der Waals surface area (Å²) in [5, 5.41) is 13.5. The number of benzene rings is 2. The fraction of sp³-hybridized carbons (Fsp3) is 0.133. The van der Waals surface area contributed by atoms with Crippen molar-refractivity contribution in [3.8, 4) is 0 Å². The van der Waals surface area contributed by atoms with Crippen LogP contribution in [0.4, 0.5) is 5.69 Å². The molecular weight excluding hydrogens is 377 g/mol. The van der Waals surface area contributed by atoms with Gasteiger partial charge >= 0.3 is 5.97 Å². The van der Waals surface area contributed by atoms with Crippen molar-refractivity contribution >= 4 is 50.8 Å². The fourth-order valence-corrected chi connectivity index (χ4v) is 2.77. The van der Waals surface area contributed by atoms with Gasteiger partial charge < -0.3 is 10.4 Å². The van der Waals surface area contributed by atoms with Gasteiger partial charge in [0.2, 0.25) is 0 Å². The summed E-state index contributed by atoms with van der Waals surface area (Å²) in [6.45, 7) is 0.573. The van der Waals surface area contributed by atoms with E-state index >= 15 is 0 Å². The smallest absolute Gasteiger partial charge is 0.337 e. The minimum absolute atomic E-state index is 0.228. The minimum atomic E-state index is -0.969. The SMILES string of the molecule is O=C(O)c1cc(Br)ccc1NCCc1ccc(Cl)cc1Cl. The van der Waals surface area contributed by atoms with Gasteiger partial charge in [0.25, 0.3) is 0 Å². The molecule has 2 rings (SSSR count). The summed E-state index contributed by atoms with van der Waals surface area (Å²) in [4.78, 5) is 11.2. The molecule has 0 aliphatic heterocycles. The predicted molar refractivity (Wildman–Crippen MR) is 89.8 cm³/mol. The van der Waals surface area contributed by atoms with Crippen LogP contribution in [0.3, 0.4) is 0 Å². The van der Waals surface area contributed by atoms with Crippen LogP contribution in [0.2, 0.25) is 10.0 Å². The number of carboxylic acids is 1. The van der Waals surface area contributed by atoms with Gasteiger partial charge in [0.05, 0.1) is 5.56 Å². The lowest BCUT2D eigenvalue weighted by atomic mass is 10.1. The lowest BCUT2D eigenvalue weighted by Crippen LogP contribution is -2.09. The molecule has 0 atom stereocenters. The van der Waals surface area contributed by atoms with Gasteiger partial charge in [-0.05, 0) is 42.3 Å². The van der Waals surface area contributed by atoms with E-state index in [-0.39, 0.29) is 5.56 Å². The Morgan fingerprint density at radius 1 is 1.19 bits per heavy atom. The summed E-state index contributed by atoms with van der Waals surface area (Å²) in [6, 6.07) is 10.4. The quantitative estimate of drug-likeness (QED) is 0.748. The van der Waals surface area contributed by atoms with E-state index in [2.05, 4.69) is 21.2 Å². The van der Waals surface area contributed by atoms with Crippen molar-refractivity contribution in [3.63, 3.8) is 0 Å². The summed E-state index contributed by atoms with van der Waals surface area (Å²) in [6.07, 6.45) is 0.672. The predicted octanol–water partition coefficient (Wildman–Crippen LogP) is 5.11. The zero-order valence-corrected chi connectivity index (χ0v) is 14.0. The number of rotatable bonds is 5. The number of hydrogen-bond donors (Lipinski definition) is 2. The molecule has 110 valence electrons. The second-order valence-electron chi connectivity index (χ2n) is 4.41. The van der Waals surface area contributed by atoms with Crippen molar-refractivity contribution in [1.82, 2.24) is 0 Å². The van der Waals surface area contributed by atoms with Crippen molar-refractivity contribution < 1.29 is 9.90 Å². The Labute approximate surface area is 141 Å². The second-order valence-corrected chi connectivity index (χ2v) is 6.17. The number of aromatic carboxylic acids is 1. The lowest BCUT2D eigenvalue weighted by Gasteiger charge is -2.11. The van der Waals surface area contributed by atoms with Crippen LogP contribution < -0.4 is 5.32 Å². The molecule has 2 aromatic carbocycles. The third kappa shape index (κ3) is 4.37. The summed E-state index contributed by atoms with van der Waals surface area (Å²) < 4.78 is 0.728. The topological polar surface area (TPSA) is 49.3 Å². The van der Waals surface area contributed by atoms with Crippen molar-refractivity contribution in [3.05, 3.63) is 62.0 Å². The van der Waals surface area contributed by atoms with E-state index in [1.807, 2.05) is 6.07 Å². The van der Waals surface area contributed by atoms with Crippen LogP contribution >= 0.6 is 39.1 Å². The Kier molecular flexibility index (Phi) is 5.51. The summed E-state index contributed by atoms with van der Waals surface area (Å²) in [5.74, 6) is -0.969. The van der Waals surface area contributed by atoms with E-state index in [1.165, 1.54) is 0 Å². The highest BCUT2D eigenvalue weighted by Gasteiger charge is 2.10. The van der Waals surface area contributed by atoms with Crippen LogP contribution in [0.5, 0.6) is 0 Å². The molecular formula is C15H12BrCl2NO2. The number of nitrogens with one attached hydrogen (secondary N) is 1. The van der Waals surface area contributed by atoms with Crippen LogP contribution in [0.1, 0.15) is 15.9 Å². The van der Waals surface area contributed by atoms with E-state index < -0.39 is 5.97 Å². The van der Waals surface area contributed by atoms with Crippen molar-refractivity contribution in [2.75, 3.05) is 11.9 Å². The highest BCUT2D eigenvalue weighted by Crippen LogP contribution is 2.23. The highest BCUT2D eigenvalue weighted by molar-refractivity contribution is 9.10. The molecule has 0 unspecified atom stereocenters. The molecule has 0 fully saturated rings. The summed E-state index contributed by atoms with van der Waals surface area (Å²) in [7, 11) is 0. The van der Waals surface area contributed by atoms with Crippen LogP contribution in [0.25, 0.3) is 0 Å². The Morgan fingerprint density at radius 3 is 2.62 bits per heavy atom. The van der Waals surface area contributed by atoms with Gasteiger partial charge in [-0.15, -0.1) is 0 Å². The first-order chi connectivity index (χ1) is 9.97. The zero-order valence-electron chi connectivity index (χ0n) is 10.9. The molecule has 0 bridgehead atoms. The molecule has 2 aromatic rings. The Hall–Kier alpha value is -1.23. The molecule has 0 spiro atoms. The summed E-state index contributed by atoms with van der Waals surface area (Å²) in [5.41, 5.74) is 1.77. The zero-order chi connectivity index (χ0) is 15.4. The first-order valence-electron chi connectivity index (χ1n) is 6.18. The van der Waals surface area contributed by atoms with Crippen LogP contribution in [-0.2, 0) is 6.42 Å². The van der Waals surface area contributed by atoms with Gasteiger partial charge in [-0.3, -0.25) is 0 Å². The molecule has 0 aromatic heterocycles. The van der Waals surface area contributed by atoms with Crippen LogP contribution in [0, 0.1) is 0 Å². The van der Waals surface area contributed by atoms with Gasteiger partial charge in [0.1, 0.15) is 0 Å². The molecule has 0 saturated carbocycles. The van der Waals surface area contributed by atoms with Gasteiger partial charge in [0, 0.05) is 26.8 Å². The third-order valence-corrected chi connectivity index (χ3v) is 4.02. The summed E-state index contributed by atoms with van der Waals surface area (Å²) >= 11 is 15.2. The molecule has 0 saturated heterocycles. The Bertz CT molecular complexity index is 677. The lowest BCUT2D eigenvalue weighted by molar-refractivity contribution is 0.0698. The fourth-order valence-electron chi connectivity index (χ4n) is 1.90. The number of carbonyl (C=O) groups is 1. The first kappa shape index (κ1) is 16.1. The number of anilines is 1. The molecule has 0 heterocycles. The van der Waals surface area contributed by atoms with Gasteiger partial charge in [0.15, 0.2) is 0 Å². The van der Waals surface area contributed by atoms with Gasteiger partial charge in [-0.2, -0.15) is 0 Å². The molecule has 6 heteroatoms. The average molecular weight is 389 g/mol. The maximum atomic E-state index is 11.2. The molecule has 0 radical (unpaired) electrons. The van der Waals surface area contributed by atoms with Crippen molar-refractivity contribution in [1.29, 1.82) is 0 Å². The minimum Gasteiger partial charge on any atom is -0.478 e. The normalized spacial score (nSPS) is 10.4. The van der Waals surface area contributed by atoms with Gasteiger partial charge in [-0.25, -0.2) is 4.79 Å². The molecule has 2 N–H and O–H groups in total. The van der Waals surface area contributed by atoms with E-state index in [1.54, 1.807) is 30.3 Å². The largest absolute Gasteiger partial charge is 0.478 e. The van der Waals surface area contributed by atoms with Crippen molar-refractivity contribution in [2.24, 2.45) is 0 Å². The highest BCUT2D eigenvalue weighted by atomic mass is 79.9. The Morgan fingerprint density at radius 2 is 1.95 bits per heavy atom. The monoisotopic (exact) mass is 387 g/mol. The third-order valence-electron chi connectivity index (χ3n) is 2.94. The van der Waals surface area contributed by atoms with Gasteiger partial charge in [-0.1, -0.05) is 45.2 Å².